The molecule has 3 aromatic rings. The number of hydrogen-bond acceptors (Lipinski definition) is 4. The first kappa shape index (κ1) is 13.3. The maximum Gasteiger partial charge on any atom is 0.338 e. The average Bonchev–Trinajstić information content (AvgIpc) is 2.96. The van der Waals surface area contributed by atoms with Crippen LogP contribution in [0.3, 0.4) is 0 Å². The number of hydrogen-bond donors (Lipinski definition) is 0. The number of carbonyl (C=O) groups excluding carboxylic acids is 1. The van der Waals surface area contributed by atoms with Gasteiger partial charge >= 0.3 is 5.97 Å². The molecule has 0 aliphatic carbocycles. The molecule has 1 aromatic heterocycles. The zero-order chi connectivity index (χ0) is 14.7. The van der Waals surface area contributed by atoms with Crippen LogP contribution in [0.4, 0.5) is 0 Å². The summed E-state index contributed by atoms with van der Waals surface area (Å²) in [5.41, 5.74) is 1.85. The second kappa shape index (κ2) is 5.78. The van der Waals surface area contributed by atoms with E-state index in [-0.39, 0.29) is 6.61 Å². The number of esters is 1. The largest absolute Gasteiger partial charge is 0.457 e. The van der Waals surface area contributed by atoms with Gasteiger partial charge in [-0.3, -0.25) is 0 Å². The van der Waals surface area contributed by atoms with E-state index in [9.17, 15) is 4.79 Å². The van der Waals surface area contributed by atoms with Gasteiger partial charge in [0.1, 0.15) is 6.61 Å². The predicted octanol–water partition coefficient (Wildman–Crippen LogP) is 4.13. The van der Waals surface area contributed by atoms with Crippen LogP contribution in [0, 0.1) is 11.3 Å². The van der Waals surface area contributed by atoms with Crippen molar-refractivity contribution >= 4 is 27.4 Å². The lowest BCUT2D eigenvalue weighted by Gasteiger charge is -2.04. The molecule has 0 saturated heterocycles. The maximum absolute atomic E-state index is 12.0. The van der Waals surface area contributed by atoms with E-state index in [0.717, 1.165) is 10.9 Å². The molecule has 0 spiro atoms. The highest BCUT2D eigenvalue weighted by atomic mass is 32.1. The molecule has 3 rings (SSSR count). The van der Waals surface area contributed by atoms with Crippen molar-refractivity contribution in [2.45, 2.75) is 6.61 Å². The van der Waals surface area contributed by atoms with E-state index >= 15 is 0 Å². The van der Waals surface area contributed by atoms with Crippen molar-refractivity contribution < 1.29 is 9.53 Å². The van der Waals surface area contributed by atoms with Crippen molar-refractivity contribution in [3.8, 4) is 6.07 Å². The molecule has 0 bridgehead atoms. The zero-order valence-corrected chi connectivity index (χ0v) is 11.9. The molecule has 0 radical (unpaired) electrons. The van der Waals surface area contributed by atoms with Crippen molar-refractivity contribution in [1.82, 2.24) is 0 Å². The van der Waals surface area contributed by atoms with E-state index in [1.54, 1.807) is 29.5 Å². The Morgan fingerprint density at radius 3 is 2.90 bits per heavy atom. The van der Waals surface area contributed by atoms with Gasteiger partial charge in [0.05, 0.1) is 17.2 Å². The smallest absolute Gasteiger partial charge is 0.338 e. The number of benzene rings is 2. The Hall–Kier alpha value is -2.64. The molecule has 0 atom stereocenters. The van der Waals surface area contributed by atoms with Crippen molar-refractivity contribution in [1.29, 1.82) is 5.26 Å². The maximum atomic E-state index is 12.0. The molecule has 1 heterocycles. The topological polar surface area (TPSA) is 50.1 Å². The monoisotopic (exact) mass is 293 g/mol. The van der Waals surface area contributed by atoms with Gasteiger partial charge in [0.2, 0.25) is 0 Å². The van der Waals surface area contributed by atoms with Gasteiger partial charge in [-0.15, -0.1) is 11.3 Å². The summed E-state index contributed by atoms with van der Waals surface area (Å²) in [6.45, 7) is 0.236. The van der Waals surface area contributed by atoms with E-state index in [1.165, 1.54) is 10.8 Å². The van der Waals surface area contributed by atoms with Crippen molar-refractivity contribution in [3.63, 3.8) is 0 Å². The second-order valence-corrected chi connectivity index (χ2v) is 5.44. The van der Waals surface area contributed by atoms with E-state index in [4.69, 9.17) is 10.00 Å². The lowest BCUT2D eigenvalue weighted by Crippen LogP contribution is -2.05. The molecule has 0 unspecified atom stereocenters. The van der Waals surface area contributed by atoms with Crippen LogP contribution in [-0.2, 0) is 11.3 Å². The first-order chi connectivity index (χ1) is 10.3. The lowest BCUT2D eigenvalue weighted by atomic mass is 10.1. The molecule has 2 aromatic carbocycles. The minimum absolute atomic E-state index is 0.236. The van der Waals surface area contributed by atoms with Crippen LogP contribution in [-0.4, -0.2) is 5.97 Å². The van der Waals surface area contributed by atoms with Gasteiger partial charge in [-0.1, -0.05) is 24.3 Å². The fourth-order valence-electron chi connectivity index (χ4n) is 2.09. The minimum atomic E-state index is -0.414. The van der Waals surface area contributed by atoms with Crippen molar-refractivity contribution in [2.24, 2.45) is 0 Å². The number of fused-ring (bicyclic) bond motifs is 1. The molecule has 3 nitrogen and oxygen atoms in total. The normalized spacial score (nSPS) is 10.2. The molecule has 0 fully saturated rings. The number of nitriles is 1. The molecule has 0 amide bonds. The van der Waals surface area contributed by atoms with Crippen LogP contribution in [0.25, 0.3) is 10.1 Å². The molecule has 102 valence electrons. The minimum Gasteiger partial charge on any atom is -0.457 e. The summed E-state index contributed by atoms with van der Waals surface area (Å²) >= 11 is 1.63. The molecular weight excluding hydrogens is 282 g/mol. The van der Waals surface area contributed by atoms with E-state index < -0.39 is 5.97 Å². The van der Waals surface area contributed by atoms with Gasteiger partial charge in [0, 0.05) is 10.3 Å². The molecule has 21 heavy (non-hydrogen) atoms. The van der Waals surface area contributed by atoms with Crippen LogP contribution in [0.15, 0.2) is 53.9 Å². The number of nitrogens with zero attached hydrogens (tertiary/aromatic N) is 1. The van der Waals surface area contributed by atoms with Gasteiger partial charge in [0.25, 0.3) is 0 Å². The third kappa shape index (κ3) is 2.78. The highest BCUT2D eigenvalue weighted by molar-refractivity contribution is 7.17. The molecule has 0 saturated carbocycles. The highest BCUT2D eigenvalue weighted by Crippen LogP contribution is 2.26. The summed E-state index contributed by atoms with van der Waals surface area (Å²) in [4.78, 5) is 12.0. The van der Waals surface area contributed by atoms with Gasteiger partial charge in [-0.2, -0.15) is 5.26 Å². The van der Waals surface area contributed by atoms with Crippen molar-refractivity contribution in [2.75, 3.05) is 0 Å². The van der Waals surface area contributed by atoms with Gasteiger partial charge in [-0.05, 0) is 35.0 Å². The Bertz CT molecular complexity index is 845. The first-order valence-corrected chi connectivity index (χ1v) is 7.28. The van der Waals surface area contributed by atoms with Gasteiger partial charge < -0.3 is 4.74 Å². The Kier molecular flexibility index (Phi) is 3.67. The summed E-state index contributed by atoms with van der Waals surface area (Å²) in [5.74, 6) is -0.414. The van der Waals surface area contributed by atoms with Crippen LogP contribution < -0.4 is 0 Å². The van der Waals surface area contributed by atoms with Crippen molar-refractivity contribution in [3.05, 3.63) is 70.6 Å². The second-order valence-electron chi connectivity index (χ2n) is 4.53. The number of rotatable bonds is 3. The summed E-state index contributed by atoms with van der Waals surface area (Å²) < 4.78 is 6.51. The lowest BCUT2D eigenvalue weighted by molar-refractivity contribution is 0.0474. The quantitative estimate of drug-likeness (QED) is 0.682. The first-order valence-electron chi connectivity index (χ1n) is 6.40. The number of thiophene rings is 1. The summed E-state index contributed by atoms with van der Waals surface area (Å²) in [5, 5.41) is 12.0. The third-order valence-corrected chi connectivity index (χ3v) is 4.16. The van der Waals surface area contributed by atoms with E-state index in [1.807, 2.05) is 35.7 Å². The fraction of sp³-hybridized carbons (Fsp3) is 0.0588. The Balaban J connectivity index is 1.75. The van der Waals surface area contributed by atoms with Crippen LogP contribution in [0.2, 0.25) is 0 Å². The fourth-order valence-corrected chi connectivity index (χ4v) is 3.03. The summed E-state index contributed by atoms with van der Waals surface area (Å²) in [6.07, 6.45) is 0. The van der Waals surface area contributed by atoms with Gasteiger partial charge in [-0.25, -0.2) is 4.79 Å². The van der Waals surface area contributed by atoms with E-state index in [2.05, 4.69) is 0 Å². The third-order valence-electron chi connectivity index (χ3n) is 3.15. The summed E-state index contributed by atoms with van der Waals surface area (Å²) in [7, 11) is 0. The van der Waals surface area contributed by atoms with Gasteiger partial charge in [0.15, 0.2) is 0 Å². The standard InChI is InChI=1S/C17H11NO2S/c18-9-12-4-3-5-13(8-12)17(19)20-10-14-11-21-16-7-2-1-6-15(14)16/h1-8,11H,10H2. The summed E-state index contributed by atoms with van der Waals surface area (Å²) in [6, 6.07) is 16.5. The molecule has 0 aliphatic heterocycles. The Morgan fingerprint density at radius 1 is 1.19 bits per heavy atom. The average molecular weight is 293 g/mol. The highest BCUT2D eigenvalue weighted by Gasteiger charge is 2.10. The SMILES string of the molecule is N#Cc1cccc(C(=O)OCc2csc3ccccc23)c1. The Morgan fingerprint density at radius 2 is 2.05 bits per heavy atom. The molecule has 4 heteroatoms. The molecule has 0 aliphatic rings. The number of ether oxygens (including phenoxy) is 1. The van der Waals surface area contributed by atoms with Crippen LogP contribution in [0.1, 0.15) is 21.5 Å². The zero-order valence-electron chi connectivity index (χ0n) is 11.1. The predicted molar refractivity (Wildman–Crippen MR) is 82.1 cm³/mol. The van der Waals surface area contributed by atoms with Crippen LogP contribution in [0.5, 0.6) is 0 Å². The number of carbonyl (C=O) groups is 1. The molecular formula is C17H11NO2S. The van der Waals surface area contributed by atoms with E-state index in [0.29, 0.717) is 11.1 Å². The Labute approximate surface area is 126 Å². The molecule has 0 N–H and O–H groups in total. The van der Waals surface area contributed by atoms with Crippen LogP contribution >= 0.6 is 11.3 Å².